The number of hydrogen-bond acceptors (Lipinski definition) is 2. The molecule has 1 aliphatic heterocycles. The van der Waals surface area contributed by atoms with Crippen LogP contribution in [0, 0.1) is 0 Å². The van der Waals surface area contributed by atoms with Crippen molar-refractivity contribution in [2.24, 2.45) is 0 Å². The van der Waals surface area contributed by atoms with Crippen molar-refractivity contribution in [3.05, 3.63) is 17.7 Å². The van der Waals surface area contributed by atoms with Crippen molar-refractivity contribution in [3.8, 4) is 0 Å². The summed E-state index contributed by atoms with van der Waals surface area (Å²) in [7, 11) is 0. The number of aromatic nitrogens is 2. The van der Waals surface area contributed by atoms with Gasteiger partial charge in [0.05, 0.1) is 6.17 Å². The predicted octanol–water partition coefficient (Wildman–Crippen LogP) is 2.03. The van der Waals surface area contributed by atoms with Gasteiger partial charge in [0.2, 0.25) is 0 Å². The number of nitrogens with one attached hydrogen (secondary N) is 1. The first-order valence-corrected chi connectivity index (χ1v) is 6.19. The van der Waals surface area contributed by atoms with Crippen molar-refractivity contribution in [2.45, 2.75) is 57.7 Å². The summed E-state index contributed by atoms with van der Waals surface area (Å²) in [6, 6.07) is 0.785. The Labute approximate surface area is 90.9 Å². The predicted molar refractivity (Wildman–Crippen MR) is 59.7 cm³/mol. The summed E-state index contributed by atoms with van der Waals surface area (Å²) in [5.74, 6) is 1.25. The van der Waals surface area contributed by atoms with E-state index in [1.807, 2.05) is 0 Å². The Morgan fingerprint density at radius 3 is 3.07 bits per heavy atom. The van der Waals surface area contributed by atoms with Crippen LogP contribution in [0.15, 0.2) is 6.20 Å². The summed E-state index contributed by atoms with van der Waals surface area (Å²) >= 11 is 0. The van der Waals surface area contributed by atoms with Crippen molar-refractivity contribution in [1.82, 2.24) is 14.9 Å². The van der Waals surface area contributed by atoms with Crippen LogP contribution in [0.1, 0.15) is 50.3 Å². The number of nitrogens with zero attached hydrogens (tertiary/aromatic N) is 2. The molecule has 3 heteroatoms. The quantitative estimate of drug-likeness (QED) is 0.818. The molecule has 0 amide bonds. The van der Waals surface area contributed by atoms with E-state index in [-0.39, 0.29) is 0 Å². The van der Waals surface area contributed by atoms with Crippen LogP contribution in [-0.4, -0.2) is 15.6 Å². The summed E-state index contributed by atoms with van der Waals surface area (Å²) in [6.07, 6.45) is 10.1. The Kier molecular flexibility index (Phi) is 2.28. The Balaban J connectivity index is 1.88. The third-order valence-electron chi connectivity index (χ3n) is 3.49. The van der Waals surface area contributed by atoms with E-state index in [0.29, 0.717) is 6.17 Å². The van der Waals surface area contributed by atoms with Gasteiger partial charge in [0.15, 0.2) is 0 Å². The molecule has 3 nitrogen and oxygen atoms in total. The van der Waals surface area contributed by atoms with Crippen LogP contribution in [0.2, 0.25) is 0 Å². The molecule has 1 fully saturated rings. The summed E-state index contributed by atoms with van der Waals surface area (Å²) < 4.78 is 2.45. The second kappa shape index (κ2) is 3.63. The summed E-state index contributed by atoms with van der Waals surface area (Å²) in [5.41, 5.74) is 1.43. The van der Waals surface area contributed by atoms with Gasteiger partial charge in [-0.15, -0.1) is 0 Å². The molecule has 1 unspecified atom stereocenters. The molecule has 1 atom stereocenters. The maximum absolute atomic E-state index is 4.52. The Hall–Kier alpha value is -0.830. The maximum Gasteiger partial charge on any atom is 0.109 e. The highest BCUT2D eigenvalue weighted by Gasteiger charge is 2.28. The fourth-order valence-corrected chi connectivity index (χ4v) is 2.55. The van der Waals surface area contributed by atoms with E-state index in [1.54, 1.807) is 0 Å². The lowest BCUT2D eigenvalue weighted by Gasteiger charge is -2.28. The smallest absolute Gasteiger partial charge is 0.109 e. The third-order valence-corrected chi connectivity index (χ3v) is 3.49. The lowest BCUT2D eigenvalue weighted by Crippen LogP contribution is -2.33. The molecule has 1 aromatic heterocycles. The number of aryl methyl sites for hydroxylation is 2. The molecule has 1 N–H and O–H groups in total. The number of rotatable bonds is 3. The number of imidazole rings is 1. The standard InChI is InChI=1S/C12H19N3/c1-2-11-13-8-10-4-3-5-12(15(10)11)14-9-6-7-9/h8-9,12,14H,2-7H2,1H3. The Bertz CT molecular complexity index is 338. The van der Waals surface area contributed by atoms with E-state index in [0.717, 1.165) is 12.5 Å². The van der Waals surface area contributed by atoms with Crippen LogP contribution < -0.4 is 5.32 Å². The number of fused-ring (bicyclic) bond motifs is 1. The average Bonchev–Trinajstić information content (AvgIpc) is 2.97. The third kappa shape index (κ3) is 1.69. The molecule has 0 radical (unpaired) electrons. The van der Waals surface area contributed by atoms with Gasteiger partial charge in [0.1, 0.15) is 5.82 Å². The minimum absolute atomic E-state index is 0.527. The second-order valence-electron chi connectivity index (χ2n) is 4.74. The van der Waals surface area contributed by atoms with Gasteiger partial charge in [-0.2, -0.15) is 0 Å². The molecule has 1 aliphatic carbocycles. The monoisotopic (exact) mass is 205 g/mol. The molecule has 0 spiro atoms. The lowest BCUT2D eigenvalue weighted by molar-refractivity contribution is 0.323. The highest BCUT2D eigenvalue weighted by molar-refractivity contribution is 5.10. The molecule has 2 heterocycles. The minimum atomic E-state index is 0.527. The van der Waals surface area contributed by atoms with Gasteiger partial charge in [0, 0.05) is 24.4 Å². The summed E-state index contributed by atoms with van der Waals surface area (Å²) in [5, 5.41) is 3.73. The molecule has 0 saturated heterocycles. The van der Waals surface area contributed by atoms with Crippen molar-refractivity contribution >= 4 is 0 Å². The molecule has 3 rings (SSSR count). The normalized spacial score (nSPS) is 25.3. The van der Waals surface area contributed by atoms with Gasteiger partial charge < -0.3 is 4.57 Å². The van der Waals surface area contributed by atoms with Crippen LogP contribution in [-0.2, 0) is 12.8 Å². The molecule has 1 aromatic rings. The lowest BCUT2D eigenvalue weighted by atomic mass is 10.1. The first kappa shape index (κ1) is 9.40. The van der Waals surface area contributed by atoms with Crippen LogP contribution in [0.3, 0.4) is 0 Å². The SMILES string of the molecule is CCc1ncc2n1C(NC1CC1)CCC2. The average molecular weight is 205 g/mol. The zero-order valence-electron chi connectivity index (χ0n) is 9.37. The summed E-state index contributed by atoms with van der Waals surface area (Å²) in [6.45, 7) is 2.19. The van der Waals surface area contributed by atoms with E-state index in [4.69, 9.17) is 0 Å². The first-order chi connectivity index (χ1) is 7.38. The van der Waals surface area contributed by atoms with Crippen LogP contribution in [0.5, 0.6) is 0 Å². The zero-order valence-corrected chi connectivity index (χ0v) is 9.37. The van der Waals surface area contributed by atoms with Crippen LogP contribution in [0.25, 0.3) is 0 Å². The van der Waals surface area contributed by atoms with E-state index in [9.17, 15) is 0 Å². The Morgan fingerprint density at radius 2 is 2.33 bits per heavy atom. The molecule has 82 valence electrons. The van der Waals surface area contributed by atoms with Gasteiger partial charge in [0.25, 0.3) is 0 Å². The highest BCUT2D eigenvalue weighted by Crippen LogP contribution is 2.29. The molecular formula is C12H19N3. The maximum atomic E-state index is 4.52. The van der Waals surface area contributed by atoms with Gasteiger partial charge in [-0.05, 0) is 32.1 Å². The molecule has 0 aromatic carbocycles. The molecule has 0 bridgehead atoms. The van der Waals surface area contributed by atoms with Crippen molar-refractivity contribution in [1.29, 1.82) is 0 Å². The van der Waals surface area contributed by atoms with Crippen molar-refractivity contribution < 1.29 is 0 Å². The number of hydrogen-bond donors (Lipinski definition) is 1. The van der Waals surface area contributed by atoms with Crippen LogP contribution >= 0.6 is 0 Å². The summed E-state index contributed by atoms with van der Waals surface area (Å²) in [4.78, 5) is 4.52. The van der Waals surface area contributed by atoms with E-state index < -0.39 is 0 Å². The minimum Gasteiger partial charge on any atom is -0.316 e. The largest absolute Gasteiger partial charge is 0.316 e. The van der Waals surface area contributed by atoms with Gasteiger partial charge >= 0.3 is 0 Å². The van der Waals surface area contributed by atoms with Crippen molar-refractivity contribution in [3.63, 3.8) is 0 Å². The fraction of sp³-hybridized carbons (Fsp3) is 0.750. The highest BCUT2D eigenvalue weighted by atomic mass is 15.2. The van der Waals surface area contributed by atoms with Gasteiger partial charge in [-0.3, -0.25) is 5.32 Å². The van der Waals surface area contributed by atoms with Crippen molar-refractivity contribution in [2.75, 3.05) is 0 Å². The van der Waals surface area contributed by atoms with E-state index in [2.05, 4.69) is 28.0 Å². The second-order valence-corrected chi connectivity index (χ2v) is 4.74. The molecule has 1 saturated carbocycles. The zero-order chi connectivity index (χ0) is 10.3. The van der Waals surface area contributed by atoms with E-state index >= 15 is 0 Å². The van der Waals surface area contributed by atoms with Gasteiger partial charge in [-0.1, -0.05) is 6.92 Å². The molecule has 15 heavy (non-hydrogen) atoms. The van der Waals surface area contributed by atoms with E-state index in [1.165, 1.54) is 43.6 Å². The Morgan fingerprint density at radius 1 is 1.47 bits per heavy atom. The topological polar surface area (TPSA) is 29.9 Å². The van der Waals surface area contributed by atoms with Gasteiger partial charge in [-0.25, -0.2) is 4.98 Å². The molecule has 2 aliphatic rings. The first-order valence-electron chi connectivity index (χ1n) is 6.19. The van der Waals surface area contributed by atoms with Crippen LogP contribution in [0.4, 0.5) is 0 Å². The molecular weight excluding hydrogens is 186 g/mol. The fourth-order valence-electron chi connectivity index (χ4n) is 2.55.